The van der Waals surface area contributed by atoms with Crippen LogP contribution in [0.3, 0.4) is 0 Å². The van der Waals surface area contributed by atoms with Gasteiger partial charge in [-0.2, -0.15) is 0 Å². The van der Waals surface area contributed by atoms with Gasteiger partial charge in [0.1, 0.15) is 16.9 Å². The predicted octanol–water partition coefficient (Wildman–Crippen LogP) is 1.72. The van der Waals surface area contributed by atoms with Crippen molar-refractivity contribution < 1.29 is 19.1 Å². The molecule has 0 atom stereocenters. The number of anilines is 1. The SMILES string of the molecule is C=CCNC(=O)C1(C(=O)Nc2ccc(OC)cc2OC)CC1. The molecule has 0 spiro atoms. The highest BCUT2D eigenvalue weighted by atomic mass is 16.5. The van der Waals surface area contributed by atoms with E-state index in [1.807, 2.05) is 0 Å². The monoisotopic (exact) mass is 304 g/mol. The summed E-state index contributed by atoms with van der Waals surface area (Å²) < 4.78 is 10.4. The highest BCUT2D eigenvalue weighted by Crippen LogP contribution is 2.47. The van der Waals surface area contributed by atoms with Crippen LogP contribution in [0.15, 0.2) is 30.9 Å². The van der Waals surface area contributed by atoms with E-state index in [4.69, 9.17) is 9.47 Å². The van der Waals surface area contributed by atoms with Crippen LogP contribution in [0.2, 0.25) is 0 Å². The lowest BCUT2D eigenvalue weighted by atomic mass is 10.0. The topological polar surface area (TPSA) is 76.7 Å². The van der Waals surface area contributed by atoms with Gasteiger partial charge in [-0.15, -0.1) is 6.58 Å². The molecule has 1 aliphatic carbocycles. The normalized spacial score (nSPS) is 14.6. The minimum Gasteiger partial charge on any atom is -0.497 e. The zero-order chi connectivity index (χ0) is 16.2. The van der Waals surface area contributed by atoms with Crippen LogP contribution >= 0.6 is 0 Å². The van der Waals surface area contributed by atoms with Gasteiger partial charge in [-0.1, -0.05) is 6.08 Å². The number of carbonyl (C=O) groups is 2. The van der Waals surface area contributed by atoms with Crippen LogP contribution in [0.25, 0.3) is 0 Å². The van der Waals surface area contributed by atoms with E-state index in [0.29, 0.717) is 36.6 Å². The zero-order valence-corrected chi connectivity index (χ0v) is 12.8. The van der Waals surface area contributed by atoms with Crippen LogP contribution in [0.1, 0.15) is 12.8 Å². The summed E-state index contributed by atoms with van der Waals surface area (Å²) in [5.41, 5.74) is -0.468. The fourth-order valence-electron chi connectivity index (χ4n) is 2.16. The van der Waals surface area contributed by atoms with Crippen molar-refractivity contribution in [1.82, 2.24) is 5.32 Å². The molecule has 118 valence electrons. The summed E-state index contributed by atoms with van der Waals surface area (Å²) in [5.74, 6) is 0.518. The average molecular weight is 304 g/mol. The van der Waals surface area contributed by atoms with Crippen molar-refractivity contribution in [3.63, 3.8) is 0 Å². The van der Waals surface area contributed by atoms with Crippen LogP contribution < -0.4 is 20.1 Å². The molecule has 1 aromatic carbocycles. The Morgan fingerprint density at radius 1 is 1.27 bits per heavy atom. The van der Waals surface area contributed by atoms with E-state index in [0.717, 1.165) is 0 Å². The van der Waals surface area contributed by atoms with Gasteiger partial charge in [0.05, 0.1) is 19.9 Å². The van der Waals surface area contributed by atoms with E-state index in [9.17, 15) is 9.59 Å². The zero-order valence-electron chi connectivity index (χ0n) is 12.8. The molecule has 6 heteroatoms. The maximum absolute atomic E-state index is 12.4. The Balaban J connectivity index is 2.12. The molecule has 22 heavy (non-hydrogen) atoms. The first-order valence-corrected chi connectivity index (χ1v) is 7.00. The molecule has 0 heterocycles. The Labute approximate surface area is 129 Å². The molecule has 0 aromatic heterocycles. The second-order valence-corrected chi connectivity index (χ2v) is 5.10. The third kappa shape index (κ3) is 3.05. The number of amides is 2. The molecular weight excluding hydrogens is 284 g/mol. The maximum atomic E-state index is 12.4. The van der Waals surface area contributed by atoms with E-state index in [1.165, 1.54) is 7.11 Å². The molecule has 0 bridgehead atoms. The van der Waals surface area contributed by atoms with Crippen molar-refractivity contribution in [1.29, 1.82) is 0 Å². The highest BCUT2D eigenvalue weighted by Gasteiger charge is 2.56. The minimum atomic E-state index is -0.978. The Morgan fingerprint density at radius 2 is 2.00 bits per heavy atom. The van der Waals surface area contributed by atoms with E-state index in [1.54, 1.807) is 31.4 Å². The largest absolute Gasteiger partial charge is 0.497 e. The van der Waals surface area contributed by atoms with Crippen molar-refractivity contribution in [2.45, 2.75) is 12.8 Å². The fourth-order valence-corrected chi connectivity index (χ4v) is 2.16. The summed E-state index contributed by atoms with van der Waals surface area (Å²) in [6.45, 7) is 3.89. The Kier molecular flexibility index (Phi) is 4.70. The van der Waals surface area contributed by atoms with Crippen LogP contribution in [0.5, 0.6) is 11.5 Å². The number of nitrogens with one attached hydrogen (secondary N) is 2. The summed E-state index contributed by atoms with van der Waals surface area (Å²) >= 11 is 0. The van der Waals surface area contributed by atoms with Crippen LogP contribution in [0.4, 0.5) is 5.69 Å². The number of rotatable bonds is 7. The maximum Gasteiger partial charge on any atom is 0.240 e. The smallest absolute Gasteiger partial charge is 0.240 e. The average Bonchev–Trinajstić information content (AvgIpc) is 3.34. The number of methoxy groups -OCH3 is 2. The van der Waals surface area contributed by atoms with Gasteiger partial charge >= 0.3 is 0 Å². The van der Waals surface area contributed by atoms with Crippen molar-refractivity contribution in [3.05, 3.63) is 30.9 Å². The molecule has 1 fully saturated rings. The van der Waals surface area contributed by atoms with Gasteiger partial charge in [-0.25, -0.2) is 0 Å². The second-order valence-electron chi connectivity index (χ2n) is 5.10. The molecule has 6 nitrogen and oxygen atoms in total. The summed E-state index contributed by atoms with van der Waals surface area (Å²) in [6.07, 6.45) is 2.67. The van der Waals surface area contributed by atoms with Gasteiger partial charge in [-0.3, -0.25) is 9.59 Å². The molecule has 2 rings (SSSR count). The quantitative estimate of drug-likeness (QED) is 0.594. The molecule has 0 unspecified atom stereocenters. The summed E-state index contributed by atoms with van der Waals surface area (Å²) in [6, 6.07) is 5.08. The number of hydrogen-bond acceptors (Lipinski definition) is 4. The summed E-state index contributed by atoms with van der Waals surface area (Å²) in [4.78, 5) is 24.5. The third-order valence-electron chi connectivity index (χ3n) is 3.68. The third-order valence-corrected chi connectivity index (χ3v) is 3.68. The summed E-state index contributed by atoms with van der Waals surface area (Å²) in [5, 5.41) is 5.45. The van der Waals surface area contributed by atoms with Crippen molar-refractivity contribution >= 4 is 17.5 Å². The minimum absolute atomic E-state index is 0.266. The van der Waals surface area contributed by atoms with E-state index < -0.39 is 5.41 Å². The highest BCUT2D eigenvalue weighted by molar-refractivity contribution is 6.13. The van der Waals surface area contributed by atoms with E-state index >= 15 is 0 Å². The Morgan fingerprint density at radius 3 is 2.55 bits per heavy atom. The first kappa shape index (κ1) is 15.9. The van der Waals surface area contributed by atoms with Crippen molar-refractivity contribution in [2.24, 2.45) is 5.41 Å². The number of ether oxygens (including phenoxy) is 2. The molecule has 1 aromatic rings. The van der Waals surface area contributed by atoms with Crippen molar-refractivity contribution in [3.8, 4) is 11.5 Å². The van der Waals surface area contributed by atoms with Crippen LogP contribution in [-0.4, -0.2) is 32.6 Å². The molecule has 0 aliphatic heterocycles. The molecule has 2 amide bonds. The molecular formula is C16H20N2O4. The molecule has 0 saturated heterocycles. The second kappa shape index (κ2) is 6.51. The first-order valence-electron chi connectivity index (χ1n) is 7.00. The van der Waals surface area contributed by atoms with E-state index in [-0.39, 0.29) is 11.8 Å². The molecule has 1 aliphatic rings. The molecule has 1 saturated carbocycles. The lowest BCUT2D eigenvalue weighted by Crippen LogP contribution is -2.40. The first-order chi connectivity index (χ1) is 10.6. The molecule has 2 N–H and O–H groups in total. The molecule has 0 radical (unpaired) electrons. The lowest BCUT2D eigenvalue weighted by molar-refractivity contribution is -0.134. The number of carbonyl (C=O) groups excluding carboxylic acids is 2. The Bertz CT molecular complexity index is 594. The van der Waals surface area contributed by atoms with Crippen molar-refractivity contribution in [2.75, 3.05) is 26.1 Å². The fraction of sp³-hybridized carbons (Fsp3) is 0.375. The van der Waals surface area contributed by atoms with Gasteiger partial charge in [0.2, 0.25) is 11.8 Å². The number of benzene rings is 1. The number of hydrogen-bond donors (Lipinski definition) is 2. The van der Waals surface area contributed by atoms with Gasteiger partial charge in [0.25, 0.3) is 0 Å². The lowest BCUT2D eigenvalue weighted by Gasteiger charge is -2.16. The Hall–Kier alpha value is -2.50. The van der Waals surface area contributed by atoms with Crippen LogP contribution in [-0.2, 0) is 9.59 Å². The van der Waals surface area contributed by atoms with E-state index in [2.05, 4.69) is 17.2 Å². The van der Waals surface area contributed by atoms with Gasteiger partial charge < -0.3 is 20.1 Å². The van der Waals surface area contributed by atoms with Gasteiger partial charge in [0, 0.05) is 12.6 Å². The predicted molar refractivity (Wildman–Crippen MR) is 83.0 cm³/mol. The standard InChI is InChI=1S/C16H20N2O4/c1-4-9-17-14(19)16(7-8-16)15(20)18-12-6-5-11(21-2)10-13(12)22-3/h4-6,10H,1,7-9H2,2-3H3,(H,17,19)(H,18,20). The van der Waals surface area contributed by atoms with Crippen LogP contribution in [0, 0.1) is 5.41 Å². The summed E-state index contributed by atoms with van der Waals surface area (Å²) in [7, 11) is 3.06. The van der Waals surface area contributed by atoms with Gasteiger partial charge in [-0.05, 0) is 25.0 Å². The van der Waals surface area contributed by atoms with Gasteiger partial charge in [0.15, 0.2) is 0 Å².